The second kappa shape index (κ2) is 6.58. The van der Waals surface area contributed by atoms with Gasteiger partial charge in [0.05, 0.1) is 5.56 Å². The zero-order valence-electron chi connectivity index (χ0n) is 10.6. The van der Waals surface area contributed by atoms with Crippen molar-refractivity contribution in [3.8, 4) is 0 Å². The van der Waals surface area contributed by atoms with Crippen LogP contribution < -0.4 is 11.2 Å². The standard InChI is InChI=1S/C12H18N4O2/c1-3-4-5-8-6-7-9(11(13)16-14-2)10(15-8)12(17)18/h6-7,14H,3-5H2,1-2H3,(H2,13,16)(H,17,18). The molecule has 1 aromatic rings. The van der Waals surface area contributed by atoms with Gasteiger partial charge in [-0.1, -0.05) is 13.3 Å². The Bertz CT molecular complexity index is 457. The number of aryl methyl sites for hydroxylation is 1. The van der Waals surface area contributed by atoms with Crippen LogP contribution in [-0.2, 0) is 6.42 Å². The molecule has 0 aliphatic heterocycles. The van der Waals surface area contributed by atoms with Gasteiger partial charge in [-0.05, 0) is 25.0 Å². The van der Waals surface area contributed by atoms with E-state index in [1.54, 1.807) is 19.2 Å². The zero-order chi connectivity index (χ0) is 13.5. The van der Waals surface area contributed by atoms with Crippen LogP contribution >= 0.6 is 0 Å². The van der Waals surface area contributed by atoms with Gasteiger partial charge in [-0.15, -0.1) is 0 Å². The fourth-order valence-electron chi connectivity index (χ4n) is 1.55. The van der Waals surface area contributed by atoms with Gasteiger partial charge in [-0.25, -0.2) is 9.78 Å². The van der Waals surface area contributed by atoms with Crippen LogP contribution in [0.1, 0.15) is 41.5 Å². The number of rotatable bonds is 6. The predicted molar refractivity (Wildman–Crippen MR) is 69.6 cm³/mol. The number of unbranched alkanes of at least 4 members (excludes halogenated alkanes) is 1. The van der Waals surface area contributed by atoms with Crippen molar-refractivity contribution >= 4 is 11.8 Å². The number of hydrogen-bond donors (Lipinski definition) is 3. The Morgan fingerprint density at radius 2 is 2.28 bits per heavy atom. The second-order valence-electron chi connectivity index (χ2n) is 3.83. The molecule has 0 amide bonds. The van der Waals surface area contributed by atoms with E-state index in [4.69, 9.17) is 10.8 Å². The molecule has 6 heteroatoms. The van der Waals surface area contributed by atoms with Crippen molar-refractivity contribution in [2.24, 2.45) is 10.8 Å². The molecule has 0 spiro atoms. The lowest BCUT2D eigenvalue weighted by molar-refractivity contribution is 0.0690. The highest BCUT2D eigenvalue weighted by atomic mass is 16.4. The highest BCUT2D eigenvalue weighted by molar-refractivity contribution is 6.05. The number of aromatic carboxylic acids is 1. The van der Waals surface area contributed by atoms with Gasteiger partial charge < -0.3 is 16.3 Å². The van der Waals surface area contributed by atoms with Gasteiger partial charge in [0.1, 0.15) is 0 Å². The van der Waals surface area contributed by atoms with E-state index in [-0.39, 0.29) is 11.5 Å². The van der Waals surface area contributed by atoms with Gasteiger partial charge in [0, 0.05) is 12.7 Å². The molecule has 0 unspecified atom stereocenters. The lowest BCUT2D eigenvalue weighted by Crippen LogP contribution is -2.22. The maximum atomic E-state index is 11.2. The number of aromatic nitrogens is 1. The minimum absolute atomic E-state index is 0.0555. The van der Waals surface area contributed by atoms with Crippen LogP contribution in [0.25, 0.3) is 0 Å². The van der Waals surface area contributed by atoms with E-state index in [2.05, 4.69) is 22.4 Å². The van der Waals surface area contributed by atoms with Crippen molar-refractivity contribution in [1.29, 1.82) is 0 Å². The Kier molecular flexibility index (Phi) is 5.10. The molecule has 0 atom stereocenters. The van der Waals surface area contributed by atoms with Gasteiger partial charge in [-0.3, -0.25) is 0 Å². The van der Waals surface area contributed by atoms with Gasteiger partial charge >= 0.3 is 5.97 Å². The van der Waals surface area contributed by atoms with Crippen molar-refractivity contribution in [3.05, 3.63) is 29.1 Å². The number of hydrazone groups is 1. The maximum Gasteiger partial charge on any atom is 0.355 e. The molecule has 1 heterocycles. The number of carbonyl (C=O) groups is 1. The number of nitrogens with one attached hydrogen (secondary N) is 1. The molecule has 0 bridgehead atoms. The quantitative estimate of drug-likeness (QED) is 0.396. The van der Waals surface area contributed by atoms with Crippen LogP contribution in [0.2, 0.25) is 0 Å². The topological polar surface area (TPSA) is 101 Å². The average molecular weight is 250 g/mol. The number of nitrogens with zero attached hydrogens (tertiary/aromatic N) is 2. The molecule has 0 saturated carbocycles. The molecule has 0 aromatic carbocycles. The Labute approximate surface area is 106 Å². The van der Waals surface area contributed by atoms with Gasteiger partial charge in [0.2, 0.25) is 0 Å². The molecule has 0 aliphatic rings. The van der Waals surface area contributed by atoms with Crippen LogP contribution in [-0.4, -0.2) is 28.9 Å². The fourth-order valence-corrected chi connectivity index (χ4v) is 1.55. The number of hydrogen-bond acceptors (Lipinski definition) is 4. The van der Waals surface area contributed by atoms with Crippen molar-refractivity contribution < 1.29 is 9.90 Å². The molecular weight excluding hydrogens is 232 g/mol. The zero-order valence-corrected chi connectivity index (χ0v) is 10.6. The second-order valence-corrected chi connectivity index (χ2v) is 3.83. The Balaban J connectivity index is 3.12. The summed E-state index contributed by atoms with van der Waals surface area (Å²) in [4.78, 5) is 15.3. The molecular formula is C12H18N4O2. The third-order valence-electron chi connectivity index (χ3n) is 2.45. The summed E-state index contributed by atoms with van der Waals surface area (Å²) in [5.74, 6) is -0.984. The summed E-state index contributed by atoms with van der Waals surface area (Å²) in [5, 5.41) is 12.9. The van der Waals surface area contributed by atoms with Crippen LogP contribution in [0.4, 0.5) is 0 Å². The Morgan fingerprint density at radius 1 is 1.56 bits per heavy atom. The van der Waals surface area contributed by atoms with E-state index < -0.39 is 5.97 Å². The first-order valence-corrected chi connectivity index (χ1v) is 5.83. The molecule has 0 aliphatic carbocycles. The van der Waals surface area contributed by atoms with Crippen LogP contribution in [0, 0.1) is 0 Å². The summed E-state index contributed by atoms with van der Waals surface area (Å²) in [7, 11) is 1.59. The fraction of sp³-hybridized carbons (Fsp3) is 0.417. The number of pyridine rings is 1. The lowest BCUT2D eigenvalue weighted by atomic mass is 10.1. The van der Waals surface area contributed by atoms with Crippen molar-refractivity contribution in [2.45, 2.75) is 26.2 Å². The van der Waals surface area contributed by atoms with Gasteiger partial charge in [0.15, 0.2) is 11.5 Å². The summed E-state index contributed by atoms with van der Waals surface area (Å²) in [6.45, 7) is 2.07. The van der Waals surface area contributed by atoms with E-state index >= 15 is 0 Å². The van der Waals surface area contributed by atoms with Gasteiger partial charge in [0.25, 0.3) is 0 Å². The molecule has 0 radical (unpaired) electrons. The molecule has 18 heavy (non-hydrogen) atoms. The molecule has 0 saturated heterocycles. The van der Waals surface area contributed by atoms with Gasteiger partial charge in [-0.2, -0.15) is 5.10 Å². The van der Waals surface area contributed by atoms with Crippen LogP contribution in [0.5, 0.6) is 0 Å². The first-order valence-electron chi connectivity index (χ1n) is 5.83. The maximum absolute atomic E-state index is 11.2. The summed E-state index contributed by atoms with van der Waals surface area (Å²) >= 11 is 0. The van der Waals surface area contributed by atoms with E-state index in [9.17, 15) is 4.79 Å². The van der Waals surface area contributed by atoms with E-state index in [0.29, 0.717) is 5.56 Å². The number of amidine groups is 1. The predicted octanol–water partition coefficient (Wildman–Crippen LogP) is 0.962. The van der Waals surface area contributed by atoms with Crippen molar-refractivity contribution in [3.63, 3.8) is 0 Å². The smallest absolute Gasteiger partial charge is 0.355 e. The molecule has 1 aromatic heterocycles. The van der Waals surface area contributed by atoms with Crippen molar-refractivity contribution in [1.82, 2.24) is 10.4 Å². The summed E-state index contributed by atoms with van der Waals surface area (Å²) < 4.78 is 0. The molecule has 6 nitrogen and oxygen atoms in total. The van der Waals surface area contributed by atoms with Crippen LogP contribution in [0.3, 0.4) is 0 Å². The number of carboxylic acid groups (broad SMARTS) is 1. The highest BCUT2D eigenvalue weighted by Crippen LogP contribution is 2.10. The first kappa shape index (κ1) is 14.0. The number of nitrogens with two attached hydrogens (primary N) is 1. The third kappa shape index (κ3) is 3.44. The van der Waals surface area contributed by atoms with E-state index in [1.807, 2.05) is 0 Å². The van der Waals surface area contributed by atoms with Crippen molar-refractivity contribution in [2.75, 3.05) is 7.05 Å². The van der Waals surface area contributed by atoms with E-state index in [1.165, 1.54) is 0 Å². The lowest BCUT2D eigenvalue weighted by Gasteiger charge is -2.07. The summed E-state index contributed by atoms with van der Waals surface area (Å²) in [6, 6.07) is 3.44. The average Bonchev–Trinajstić information content (AvgIpc) is 2.36. The SMILES string of the molecule is CCCCc1ccc(C(N)=NNC)c(C(=O)O)n1. The minimum atomic E-state index is -1.10. The minimum Gasteiger partial charge on any atom is -0.476 e. The number of carboxylic acids is 1. The molecule has 98 valence electrons. The monoisotopic (exact) mass is 250 g/mol. The largest absolute Gasteiger partial charge is 0.476 e. The normalized spacial score (nSPS) is 11.3. The first-order chi connectivity index (χ1) is 8.60. The van der Waals surface area contributed by atoms with Crippen LogP contribution in [0.15, 0.2) is 17.2 Å². The summed E-state index contributed by atoms with van der Waals surface area (Å²) in [5.41, 5.74) is 9.24. The third-order valence-corrected chi connectivity index (χ3v) is 2.45. The summed E-state index contributed by atoms with van der Waals surface area (Å²) in [6.07, 6.45) is 2.78. The molecule has 4 N–H and O–H groups in total. The highest BCUT2D eigenvalue weighted by Gasteiger charge is 2.15. The van der Waals surface area contributed by atoms with E-state index in [0.717, 1.165) is 25.0 Å². The Hall–Kier alpha value is -2.11. The molecule has 1 rings (SSSR count). The molecule has 0 fully saturated rings. The Morgan fingerprint density at radius 3 is 2.83 bits per heavy atom.